The molecule has 0 amide bonds. The number of methoxy groups -OCH3 is 1. The second-order valence-electron chi connectivity index (χ2n) is 7.80. The van der Waals surface area contributed by atoms with Gasteiger partial charge in [0.25, 0.3) is 0 Å². The van der Waals surface area contributed by atoms with Crippen LogP contribution in [0.15, 0.2) is 29.8 Å². The van der Waals surface area contributed by atoms with Crippen molar-refractivity contribution in [2.75, 3.05) is 26.7 Å². The summed E-state index contributed by atoms with van der Waals surface area (Å²) in [4.78, 5) is 18.8. The summed E-state index contributed by atoms with van der Waals surface area (Å²) in [5.74, 6) is 0.0574. The van der Waals surface area contributed by atoms with E-state index in [-0.39, 0.29) is 11.9 Å². The van der Waals surface area contributed by atoms with Gasteiger partial charge in [0.05, 0.1) is 13.0 Å². The van der Waals surface area contributed by atoms with Crippen LogP contribution in [0.4, 0.5) is 0 Å². The highest BCUT2D eigenvalue weighted by Crippen LogP contribution is 2.36. The summed E-state index contributed by atoms with van der Waals surface area (Å²) in [5, 5.41) is 1.26. The molecule has 2 aliphatic heterocycles. The zero-order valence-electron chi connectivity index (χ0n) is 16.0. The van der Waals surface area contributed by atoms with E-state index >= 15 is 0 Å². The SMILES string of the molecule is CCC1=C[C@@H]2CC(C(=O)OC)c3[nH]c4ccc(C)cc4c3CCN(C1)C2. The lowest BCUT2D eigenvalue weighted by molar-refractivity contribution is -0.142. The lowest BCUT2D eigenvalue weighted by Gasteiger charge is -2.32. The van der Waals surface area contributed by atoms with Gasteiger partial charge in [0.15, 0.2) is 0 Å². The molecule has 1 N–H and O–H groups in total. The molecule has 2 aromatic rings. The molecule has 4 rings (SSSR count). The fraction of sp³-hybridized carbons (Fsp3) is 0.500. The monoisotopic (exact) mass is 352 g/mol. The van der Waals surface area contributed by atoms with Crippen LogP contribution in [0.5, 0.6) is 0 Å². The van der Waals surface area contributed by atoms with Gasteiger partial charge >= 0.3 is 5.97 Å². The smallest absolute Gasteiger partial charge is 0.314 e. The first-order valence-electron chi connectivity index (χ1n) is 9.70. The maximum Gasteiger partial charge on any atom is 0.314 e. The summed E-state index contributed by atoms with van der Waals surface area (Å²) in [5.41, 5.74) is 6.24. The molecule has 1 aromatic heterocycles. The van der Waals surface area contributed by atoms with Crippen molar-refractivity contribution < 1.29 is 9.53 Å². The van der Waals surface area contributed by atoms with Crippen molar-refractivity contribution in [1.29, 1.82) is 0 Å². The zero-order valence-corrected chi connectivity index (χ0v) is 16.0. The van der Waals surface area contributed by atoms with Crippen LogP contribution in [0.1, 0.15) is 42.5 Å². The van der Waals surface area contributed by atoms with Crippen LogP contribution < -0.4 is 0 Å². The Morgan fingerprint density at radius 2 is 2.23 bits per heavy atom. The van der Waals surface area contributed by atoms with Crippen molar-refractivity contribution in [2.45, 2.75) is 39.0 Å². The van der Waals surface area contributed by atoms with Crippen LogP contribution in [0, 0.1) is 12.8 Å². The Balaban J connectivity index is 1.83. The molecular formula is C22H28N2O2. The van der Waals surface area contributed by atoms with Crippen molar-refractivity contribution >= 4 is 16.9 Å². The summed E-state index contributed by atoms with van der Waals surface area (Å²) in [6.07, 6.45) is 5.27. The van der Waals surface area contributed by atoms with Crippen LogP contribution in [-0.4, -0.2) is 42.6 Å². The quantitative estimate of drug-likeness (QED) is 0.657. The second kappa shape index (κ2) is 6.92. The summed E-state index contributed by atoms with van der Waals surface area (Å²) >= 11 is 0. The van der Waals surface area contributed by atoms with Crippen molar-refractivity contribution in [3.05, 3.63) is 46.7 Å². The maximum atomic E-state index is 12.7. The van der Waals surface area contributed by atoms with Crippen molar-refractivity contribution in [2.24, 2.45) is 5.92 Å². The van der Waals surface area contributed by atoms with E-state index in [9.17, 15) is 4.79 Å². The lowest BCUT2D eigenvalue weighted by Crippen LogP contribution is -2.36. The second-order valence-corrected chi connectivity index (χ2v) is 7.80. The van der Waals surface area contributed by atoms with Gasteiger partial charge < -0.3 is 9.72 Å². The molecule has 4 heteroatoms. The highest BCUT2D eigenvalue weighted by atomic mass is 16.5. The number of hydrogen-bond donors (Lipinski definition) is 1. The number of ether oxygens (including phenoxy) is 1. The normalized spacial score (nSPS) is 25.7. The van der Waals surface area contributed by atoms with Gasteiger partial charge in [0.1, 0.15) is 0 Å². The van der Waals surface area contributed by atoms with E-state index in [1.54, 1.807) is 0 Å². The largest absolute Gasteiger partial charge is 0.469 e. The first-order chi connectivity index (χ1) is 12.6. The number of hydrogen-bond acceptors (Lipinski definition) is 3. The summed E-state index contributed by atoms with van der Waals surface area (Å²) in [7, 11) is 1.50. The molecular weight excluding hydrogens is 324 g/mol. The number of H-pyrrole nitrogens is 1. The summed E-state index contributed by atoms with van der Waals surface area (Å²) < 4.78 is 5.20. The van der Waals surface area contributed by atoms with Crippen LogP contribution in [-0.2, 0) is 16.0 Å². The molecule has 4 nitrogen and oxygen atoms in total. The number of carbonyl (C=O) groups excluding carboxylic acids is 1. The van der Waals surface area contributed by atoms with Crippen LogP contribution >= 0.6 is 0 Å². The maximum absolute atomic E-state index is 12.7. The molecule has 0 radical (unpaired) electrons. The minimum absolute atomic E-state index is 0.125. The third-order valence-electron chi connectivity index (χ3n) is 5.99. The molecule has 0 fully saturated rings. The molecule has 0 aliphatic carbocycles. The topological polar surface area (TPSA) is 45.3 Å². The molecule has 0 saturated carbocycles. The number of nitrogens with zero attached hydrogens (tertiary/aromatic N) is 1. The van der Waals surface area contributed by atoms with Crippen LogP contribution in [0.25, 0.3) is 10.9 Å². The Morgan fingerprint density at radius 3 is 3.00 bits per heavy atom. The highest BCUT2D eigenvalue weighted by Gasteiger charge is 2.33. The van der Waals surface area contributed by atoms with Gasteiger partial charge in [-0.15, -0.1) is 0 Å². The highest BCUT2D eigenvalue weighted by molar-refractivity contribution is 5.88. The number of fused-ring (bicyclic) bond motifs is 5. The summed E-state index contributed by atoms with van der Waals surface area (Å²) in [6, 6.07) is 6.50. The fourth-order valence-electron chi connectivity index (χ4n) is 4.66. The fourth-order valence-corrected chi connectivity index (χ4v) is 4.66. The average molecular weight is 352 g/mol. The number of esters is 1. The van der Waals surface area contributed by atoms with E-state index < -0.39 is 0 Å². The standard InChI is InChI=1S/C22H28N2O2/c1-4-15-10-16-11-19(22(25)26-3)21-17(7-8-24(12-15)13-16)18-9-14(2)5-6-20(18)23-21/h5-6,9-10,16,19,23H,4,7-8,11-13H2,1-3H3/t16-,19?/m1/s1. The van der Waals surface area contributed by atoms with Crippen molar-refractivity contribution in [1.82, 2.24) is 9.88 Å². The Hall–Kier alpha value is -2.07. The number of benzene rings is 1. The van der Waals surface area contributed by atoms with Gasteiger partial charge in [0, 0.05) is 36.2 Å². The van der Waals surface area contributed by atoms with Gasteiger partial charge in [-0.25, -0.2) is 0 Å². The molecule has 3 heterocycles. The molecule has 0 spiro atoms. The molecule has 26 heavy (non-hydrogen) atoms. The van der Waals surface area contributed by atoms with Crippen molar-refractivity contribution in [3.8, 4) is 0 Å². The van der Waals surface area contributed by atoms with Gasteiger partial charge in [-0.3, -0.25) is 9.69 Å². The van der Waals surface area contributed by atoms with E-state index in [0.29, 0.717) is 5.92 Å². The van der Waals surface area contributed by atoms with E-state index in [1.807, 2.05) is 0 Å². The van der Waals surface area contributed by atoms with Gasteiger partial charge in [-0.2, -0.15) is 0 Å². The molecule has 138 valence electrons. The molecule has 0 saturated heterocycles. The Bertz CT molecular complexity index is 864. The molecule has 2 aliphatic rings. The third kappa shape index (κ3) is 3.07. The van der Waals surface area contributed by atoms with E-state index in [2.05, 4.69) is 48.0 Å². The van der Waals surface area contributed by atoms with Gasteiger partial charge in [0.2, 0.25) is 0 Å². The Labute approximate surface area is 155 Å². The third-order valence-corrected chi connectivity index (χ3v) is 5.99. The van der Waals surface area contributed by atoms with Crippen molar-refractivity contribution in [3.63, 3.8) is 0 Å². The minimum Gasteiger partial charge on any atom is -0.469 e. The molecule has 2 bridgehead atoms. The Kier molecular flexibility index (Phi) is 4.62. The lowest BCUT2D eigenvalue weighted by atomic mass is 9.87. The van der Waals surface area contributed by atoms with Crippen LogP contribution in [0.3, 0.4) is 0 Å². The predicted octanol–water partition coefficient (Wildman–Crippen LogP) is 3.95. The molecule has 1 aromatic carbocycles. The van der Waals surface area contributed by atoms with Gasteiger partial charge in [-0.05, 0) is 49.8 Å². The first-order valence-corrected chi connectivity index (χ1v) is 9.70. The minimum atomic E-state index is -0.222. The van der Waals surface area contributed by atoms with E-state index in [1.165, 1.54) is 29.2 Å². The predicted molar refractivity (Wildman–Crippen MR) is 104 cm³/mol. The van der Waals surface area contributed by atoms with Gasteiger partial charge in [-0.1, -0.05) is 30.2 Å². The molecule has 2 unspecified atom stereocenters. The first kappa shape index (κ1) is 17.3. The Morgan fingerprint density at radius 1 is 1.38 bits per heavy atom. The summed E-state index contributed by atoms with van der Waals surface area (Å²) in [6.45, 7) is 7.49. The number of aromatic nitrogens is 1. The van der Waals surface area contributed by atoms with E-state index in [0.717, 1.165) is 50.1 Å². The zero-order chi connectivity index (χ0) is 18.3. The number of nitrogens with one attached hydrogen (secondary N) is 1. The van der Waals surface area contributed by atoms with Crippen LogP contribution in [0.2, 0.25) is 0 Å². The average Bonchev–Trinajstić information content (AvgIpc) is 3.01. The number of rotatable bonds is 2. The van der Waals surface area contributed by atoms with E-state index in [4.69, 9.17) is 4.74 Å². The molecule has 3 atom stereocenters. The number of aryl methyl sites for hydroxylation is 1. The number of carbonyl (C=O) groups is 1. The number of aromatic amines is 1.